The first kappa shape index (κ1) is 16.4. The van der Waals surface area contributed by atoms with Gasteiger partial charge in [0.25, 0.3) is 0 Å². The molecule has 0 bridgehead atoms. The summed E-state index contributed by atoms with van der Waals surface area (Å²) in [5.74, 6) is -0.985. The van der Waals surface area contributed by atoms with Crippen molar-refractivity contribution in [1.82, 2.24) is 16.0 Å². The maximum atomic E-state index is 11.2. The Morgan fingerprint density at radius 3 is 2.44 bits per heavy atom. The van der Waals surface area contributed by atoms with E-state index in [9.17, 15) is 14.4 Å². The minimum atomic E-state index is -0.866. The van der Waals surface area contributed by atoms with Crippen LogP contribution in [0, 0.1) is 5.92 Å². The SMILES string of the molecule is CC(C)CNC(=O)NC(=O)CNCCCC(=O)O. The summed E-state index contributed by atoms with van der Waals surface area (Å²) >= 11 is 0. The Kier molecular flexibility index (Phi) is 8.55. The van der Waals surface area contributed by atoms with Crippen molar-refractivity contribution in [2.75, 3.05) is 19.6 Å². The van der Waals surface area contributed by atoms with Gasteiger partial charge in [0.1, 0.15) is 0 Å². The molecular weight excluding hydrogens is 238 g/mol. The Bertz CT molecular complexity index is 292. The van der Waals surface area contributed by atoms with Crippen LogP contribution in [0.1, 0.15) is 26.7 Å². The van der Waals surface area contributed by atoms with Gasteiger partial charge in [-0.15, -0.1) is 0 Å². The quantitative estimate of drug-likeness (QED) is 0.456. The minimum absolute atomic E-state index is 0.00524. The first-order valence-corrected chi connectivity index (χ1v) is 5.92. The molecule has 0 aromatic heterocycles. The summed E-state index contributed by atoms with van der Waals surface area (Å²) in [6, 6.07) is -0.513. The number of rotatable bonds is 8. The molecular formula is C11H21N3O4. The third-order valence-corrected chi connectivity index (χ3v) is 1.95. The number of carbonyl (C=O) groups is 3. The van der Waals surface area contributed by atoms with Crippen molar-refractivity contribution >= 4 is 17.9 Å². The molecule has 3 amide bonds. The molecule has 0 radical (unpaired) electrons. The van der Waals surface area contributed by atoms with Gasteiger partial charge in [-0.25, -0.2) is 4.79 Å². The summed E-state index contributed by atoms with van der Waals surface area (Å²) < 4.78 is 0. The van der Waals surface area contributed by atoms with Crippen molar-refractivity contribution in [2.45, 2.75) is 26.7 Å². The van der Waals surface area contributed by atoms with Crippen molar-refractivity contribution in [2.24, 2.45) is 5.92 Å². The van der Waals surface area contributed by atoms with E-state index in [4.69, 9.17) is 5.11 Å². The molecule has 0 aliphatic heterocycles. The van der Waals surface area contributed by atoms with E-state index in [1.54, 1.807) is 0 Å². The van der Waals surface area contributed by atoms with Gasteiger partial charge in [0, 0.05) is 13.0 Å². The van der Waals surface area contributed by atoms with Crippen LogP contribution < -0.4 is 16.0 Å². The van der Waals surface area contributed by atoms with E-state index in [0.717, 1.165) is 0 Å². The molecule has 0 aromatic rings. The van der Waals surface area contributed by atoms with E-state index in [-0.39, 0.29) is 13.0 Å². The van der Waals surface area contributed by atoms with Gasteiger partial charge < -0.3 is 15.7 Å². The van der Waals surface area contributed by atoms with Gasteiger partial charge in [-0.1, -0.05) is 13.8 Å². The molecule has 0 fully saturated rings. The summed E-state index contributed by atoms with van der Waals surface area (Å²) in [4.78, 5) is 32.6. The molecule has 0 saturated heterocycles. The van der Waals surface area contributed by atoms with E-state index in [0.29, 0.717) is 25.4 Å². The summed E-state index contributed by atoms with van der Waals surface area (Å²) in [5.41, 5.74) is 0. The fourth-order valence-electron chi connectivity index (χ4n) is 1.08. The van der Waals surface area contributed by atoms with E-state index in [1.165, 1.54) is 0 Å². The zero-order valence-electron chi connectivity index (χ0n) is 10.8. The topological polar surface area (TPSA) is 108 Å². The van der Waals surface area contributed by atoms with E-state index < -0.39 is 17.9 Å². The zero-order chi connectivity index (χ0) is 14.0. The van der Waals surface area contributed by atoms with Gasteiger partial charge in [0.2, 0.25) is 5.91 Å². The number of aliphatic carboxylic acids is 1. The second-order valence-electron chi connectivity index (χ2n) is 4.33. The van der Waals surface area contributed by atoms with Crippen LogP contribution >= 0.6 is 0 Å². The summed E-state index contributed by atoms with van der Waals surface area (Å²) in [6.07, 6.45) is 0.506. The maximum Gasteiger partial charge on any atom is 0.321 e. The Morgan fingerprint density at radius 1 is 1.22 bits per heavy atom. The molecule has 0 atom stereocenters. The average molecular weight is 259 g/mol. The normalized spacial score (nSPS) is 10.2. The molecule has 0 rings (SSSR count). The van der Waals surface area contributed by atoms with Gasteiger partial charge in [-0.05, 0) is 18.9 Å². The summed E-state index contributed by atoms with van der Waals surface area (Å²) in [7, 11) is 0. The second-order valence-corrected chi connectivity index (χ2v) is 4.33. The maximum absolute atomic E-state index is 11.2. The molecule has 7 nitrogen and oxygen atoms in total. The highest BCUT2D eigenvalue weighted by Crippen LogP contribution is 1.87. The highest BCUT2D eigenvalue weighted by molar-refractivity contribution is 5.95. The van der Waals surface area contributed by atoms with Gasteiger partial charge in [0.05, 0.1) is 6.54 Å². The number of nitrogens with one attached hydrogen (secondary N) is 3. The van der Waals surface area contributed by atoms with Crippen molar-refractivity contribution in [3.05, 3.63) is 0 Å². The lowest BCUT2D eigenvalue weighted by Crippen LogP contribution is -2.44. The highest BCUT2D eigenvalue weighted by Gasteiger charge is 2.07. The largest absolute Gasteiger partial charge is 0.481 e. The van der Waals surface area contributed by atoms with Crippen molar-refractivity contribution in [3.8, 4) is 0 Å². The standard InChI is InChI=1S/C11H21N3O4/c1-8(2)6-13-11(18)14-9(15)7-12-5-3-4-10(16)17/h8,12H,3-7H2,1-2H3,(H,16,17)(H2,13,14,15,18). The molecule has 104 valence electrons. The fourth-order valence-corrected chi connectivity index (χ4v) is 1.08. The van der Waals surface area contributed by atoms with Crippen LogP contribution in [0.3, 0.4) is 0 Å². The molecule has 0 aliphatic rings. The number of hydrogen-bond acceptors (Lipinski definition) is 4. The number of carboxylic acids is 1. The highest BCUT2D eigenvalue weighted by atomic mass is 16.4. The third kappa shape index (κ3) is 10.9. The minimum Gasteiger partial charge on any atom is -0.481 e. The van der Waals surface area contributed by atoms with Crippen LogP contribution in [0.25, 0.3) is 0 Å². The number of amides is 3. The predicted molar refractivity (Wildman–Crippen MR) is 66.1 cm³/mol. The first-order valence-electron chi connectivity index (χ1n) is 5.92. The molecule has 7 heteroatoms. The lowest BCUT2D eigenvalue weighted by molar-refractivity contribution is -0.137. The number of imide groups is 1. The monoisotopic (exact) mass is 259 g/mol. The second kappa shape index (κ2) is 9.41. The van der Waals surface area contributed by atoms with Crippen LogP contribution in [0.2, 0.25) is 0 Å². The number of urea groups is 1. The number of hydrogen-bond donors (Lipinski definition) is 4. The number of carbonyl (C=O) groups excluding carboxylic acids is 2. The van der Waals surface area contributed by atoms with Crippen molar-refractivity contribution in [3.63, 3.8) is 0 Å². The lowest BCUT2D eigenvalue weighted by Gasteiger charge is -2.08. The molecule has 0 unspecified atom stereocenters. The van der Waals surface area contributed by atoms with E-state index in [2.05, 4.69) is 16.0 Å². The van der Waals surface area contributed by atoms with Crippen LogP contribution in [0.4, 0.5) is 4.79 Å². The Balaban J connectivity index is 3.53. The van der Waals surface area contributed by atoms with Crippen LogP contribution in [-0.2, 0) is 9.59 Å². The Hall–Kier alpha value is -1.63. The molecule has 0 spiro atoms. The van der Waals surface area contributed by atoms with E-state index >= 15 is 0 Å². The average Bonchev–Trinajstić information content (AvgIpc) is 2.25. The molecule has 0 aromatic carbocycles. The Labute approximate surface area is 106 Å². The van der Waals surface area contributed by atoms with Crippen LogP contribution in [0.15, 0.2) is 0 Å². The van der Waals surface area contributed by atoms with Gasteiger partial charge in [-0.2, -0.15) is 0 Å². The van der Waals surface area contributed by atoms with Gasteiger partial charge >= 0.3 is 12.0 Å². The fraction of sp³-hybridized carbons (Fsp3) is 0.727. The first-order chi connectivity index (χ1) is 8.41. The molecule has 18 heavy (non-hydrogen) atoms. The summed E-state index contributed by atoms with van der Waals surface area (Å²) in [6.45, 7) is 4.82. The van der Waals surface area contributed by atoms with Gasteiger partial charge in [-0.3, -0.25) is 14.9 Å². The third-order valence-electron chi connectivity index (χ3n) is 1.95. The van der Waals surface area contributed by atoms with Gasteiger partial charge in [0.15, 0.2) is 0 Å². The van der Waals surface area contributed by atoms with Crippen molar-refractivity contribution in [1.29, 1.82) is 0 Å². The Morgan fingerprint density at radius 2 is 1.89 bits per heavy atom. The van der Waals surface area contributed by atoms with E-state index in [1.807, 2.05) is 13.8 Å². The molecule has 4 N–H and O–H groups in total. The van der Waals surface area contributed by atoms with Crippen LogP contribution in [-0.4, -0.2) is 42.6 Å². The molecule has 0 saturated carbocycles. The number of carboxylic acid groups (broad SMARTS) is 1. The smallest absolute Gasteiger partial charge is 0.321 e. The predicted octanol–water partition coefficient (Wildman–Crippen LogP) is -0.0774. The lowest BCUT2D eigenvalue weighted by atomic mass is 10.2. The molecule has 0 heterocycles. The molecule has 0 aliphatic carbocycles. The van der Waals surface area contributed by atoms with Crippen molar-refractivity contribution < 1.29 is 19.5 Å². The summed E-state index contributed by atoms with van der Waals surface area (Å²) in [5, 5.41) is 15.9. The van der Waals surface area contributed by atoms with Crippen LogP contribution in [0.5, 0.6) is 0 Å². The zero-order valence-corrected chi connectivity index (χ0v) is 10.8.